The zero-order valence-corrected chi connectivity index (χ0v) is 15.3. The Morgan fingerprint density at radius 1 is 1.22 bits per heavy atom. The Balaban J connectivity index is 0.00000192. The molecule has 0 radical (unpaired) electrons. The van der Waals surface area contributed by atoms with Crippen molar-refractivity contribution in [2.45, 2.75) is 50.0 Å². The molecule has 1 atom stereocenters. The number of halogens is 2. The average Bonchev–Trinajstić information content (AvgIpc) is 3.09. The average molecular weight is 357 g/mol. The molecule has 3 rings (SSSR count). The second-order valence-electron chi connectivity index (χ2n) is 6.71. The lowest BCUT2D eigenvalue weighted by atomic mass is 9.68. The summed E-state index contributed by atoms with van der Waals surface area (Å²) in [4.78, 5) is 15.4. The lowest BCUT2D eigenvalue weighted by Crippen LogP contribution is -2.50. The second-order valence-corrected chi connectivity index (χ2v) is 7.15. The van der Waals surface area contributed by atoms with Crippen LogP contribution in [0.3, 0.4) is 0 Å². The summed E-state index contributed by atoms with van der Waals surface area (Å²) in [5.41, 5.74) is 0.791. The van der Waals surface area contributed by atoms with Gasteiger partial charge in [-0.2, -0.15) is 0 Å². The molecule has 2 fully saturated rings. The molecule has 0 bridgehead atoms. The first-order chi connectivity index (χ1) is 10.6. The van der Waals surface area contributed by atoms with E-state index in [0.29, 0.717) is 11.9 Å². The molecule has 23 heavy (non-hydrogen) atoms. The van der Waals surface area contributed by atoms with Crippen molar-refractivity contribution in [3.05, 3.63) is 34.9 Å². The van der Waals surface area contributed by atoms with E-state index in [1.807, 2.05) is 36.2 Å². The molecule has 1 saturated carbocycles. The van der Waals surface area contributed by atoms with Gasteiger partial charge in [0.15, 0.2) is 0 Å². The molecule has 5 heteroatoms. The lowest BCUT2D eigenvalue weighted by Gasteiger charge is -2.41. The first-order valence-corrected chi connectivity index (χ1v) is 8.75. The monoisotopic (exact) mass is 356 g/mol. The molecule has 0 aromatic heterocycles. The zero-order chi connectivity index (χ0) is 15.6. The molecule has 0 spiro atoms. The van der Waals surface area contributed by atoms with Gasteiger partial charge in [0, 0.05) is 24.7 Å². The van der Waals surface area contributed by atoms with Crippen molar-refractivity contribution in [3.8, 4) is 0 Å². The van der Waals surface area contributed by atoms with Gasteiger partial charge in [0.1, 0.15) is 0 Å². The lowest BCUT2D eigenvalue weighted by molar-refractivity contribution is -0.139. The Morgan fingerprint density at radius 2 is 1.87 bits per heavy atom. The molecule has 2 aliphatic rings. The van der Waals surface area contributed by atoms with Gasteiger partial charge in [0.05, 0.1) is 5.41 Å². The Morgan fingerprint density at radius 3 is 2.43 bits per heavy atom. The Hall–Kier alpha value is -0.770. The van der Waals surface area contributed by atoms with Gasteiger partial charge >= 0.3 is 0 Å². The van der Waals surface area contributed by atoms with Gasteiger partial charge < -0.3 is 10.2 Å². The Bertz CT molecular complexity index is 520. The highest BCUT2D eigenvalue weighted by Gasteiger charge is 2.44. The van der Waals surface area contributed by atoms with Gasteiger partial charge in [0.25, 0.3) is 0 Å². The number of hydrogen-bond donors (Lipinski definition) is 1. The number of likely N-dealkylation sites (N-methyl/N-ethyl adjacent to an activating group) is 1. The SMILES string of the molecule is CN(C(=O)C1(c2ccc(Cl)cc2)CCCCC1)C1CCNC1.Cl. The van der Waals surface area contributed by atoms with Crippen LogP contribution in [-0.2, 0) is 10.2 Å². The molecule has 1 aromatic rings. The maximum absolute atomic E-state index is 13.4. The van der Waals surface area contributed by atoms with Crippen molar-refractivity contribution in [1.29, 1.82) is 0 Å². The van der Waals surface area contributed by atoms with E-state index in [-0.39, 0.29) is 17.8 Å². The van der Waals surface area contributed by atoms with E-state index in [4.69, 9.17) is 11.6 Å². The minimum atomic E-state index is -0.347. The fourth-order valence-corrected chi connectivity index (χ4v) is 4.15. The van der Waals surface area contributed by atoms with Crippen LogP contribution in [0.25, 0.3) is 0 Å². The van der Waals surface area contributed by atoms with Crippen LogP contribution in [0.2, 0.25) is 5.02 Å². The van der Waals surface area contributed by atoms with Gasteiger partial charge in [-0.3, -0.25) is 4.79 Å². The largest absolute Gasteiger partial charge is 0.341 e. The maximum Gasteiger partial charge on any atom is 0.233 e. The third-order valence-corrected chi connectivity index (χ3v) is 5.67. The number of nitrogens with one attached hydrogen (secondary N) is 1. The number of amides is 1. The number of benzene rings is 1. The molecular weight excluding hydrogens is 331 g/mol. The van der Waals surface area contributed by atoms with E-state index in [2.05, 4.69) is 5.32 Å². The normalized spacial score (nSPS) is 23.1. The summed E-state index contributed by atoms with van der Waals surface area (Å²) in [5.74, 6) is 0.295. The van der Waals surface area contributed by atoms with Crippen molar-refractivity contribution in [1.82, 2.24) is 10.2 Å². The summed E-state index contributed by atoms with van der Waals surface area (Å²) in [7, 11) is 1.98. The van der Waals surface area contributed by atoms with Crippen LogP contribution in [0, 0.1) is 0 Å². The fraction of sp³-hybridized carbons (Fsp3) is 0.611. The molecule has 1 saturated heterocycles. The molecule has 3 nitrogen and oxygen atoms in total. The van der Waals surface area contributed by atoms with Crippen molar-refractivity contribution in [3.63, 3.8) is 0 Å². The number of nitrogens with zero attached hydrogens (tertiary/aromatic N) is 1. The standard InChI is InChI=1S/C18H25ClN2O.ClH/c1-21(16-9-12-20-13-16)17(22)18(10-3-2-4-11-18)14-5-7-15(19)8-6-14;/h5-8,16,20H,2-4,9-13H2,1H3;1H. The molecule has 1 N–H and O–H groups in total. The smallest absolute Gasteiger partial charge is 0.233 e. The van der Waals surface area contributed by atoms with E-state index < -0.39 is 0 Å². The Kier molecular flexibility index (Phi) is 6.35. The molecule has 128 valence electrons. The maximum atomic E-state index is 13.4. The van der Waals surface area contributed by atoms with Crippen molar-refractivity contribution in [2.75, 3.05) is 20.1 Å². The number of rotatable bonds is 3. The first-order valence-electron chi connectivity index (χ1n) is 8.37. The van der Waals surface area contributed by atoms with E-state index in [1.54, 1.807) is 0 Å². The van der Waals surface area contributed by atoms with Gasteiger partial charge in [-0.15, -0.1) is 12.4 Å². The molecule has 1 unspecified atom stereocenters. The molecule has 1 aliphatic heterocycles. The third kappa shape index (κ3) is 3.67. The molecule has 1 amide bonds. The number of carbonyl (C=O) groups is 1. The van der Waals surface area contributed by atoms with E-state index in [0.717, 1.165) is 55.8 Å². The van der Waals surface area contributed by atoms with Crippen LogP contribution in [-0.4, -0.2) is 37.0 Å². The molecule has 1 heterocycles. The van der Waals surface area contributed by atoms with Crippen LogP contribution in [0.1, 0.15) is 44.1 Å². The minimum absolute atomic E-state index is 0. The summed E-state index contributed by atoms with van der Waals surface area (Å²) in [6.07, 6.45) is 6.46. The van der Waals surface area contributed by atoms with Gasteiger partial charge in [-0.25, -0.2) is 0 Å². The van der Waals surface area contributed by atoms with E-state index >= 15 is 0 Å². The predicted molar refractivity (Wildman–Crippen MR) is 97.5 cm³/mol. The first kappa shape index (κ1) is 18.6. The minimum Gasteiger partial charge on any atom is -0.341 e. The fourth-order valence-electron chi connectivity index (χ4n) is 4.02. The quantitative estimate of drug-likeness (QED) is 0.893. The summed E-state index contributed by atoms with van der Waals surface area (Å²) < 4.78 is 0. The summed E-state index contributed by atoms with van der Waals surface area (Å²) in [6.45, 7) is 1.93. The van der Waals surface area contributed by atoms with Crippen LogP contribution in [0.4, 0.5) is 0 Å². The van der Waals surface area contributed by atoms with Gasteiger partial charge in [0.2, 0.25) is 5.91 Å². The van der Waals surface area contributed by atoms with Gasteiger partial charge in [-0.1, -0.05) is 43.0 Å². The van der Waals surface area contributed by atoms with Crippen LogP contribution in [0.15, 0.2) is 24.3 Å². The number of carbonyl (C=O) groups excluding carboxylic acids is 1. The Labute approximate surface area is 150 Å². The second kappa shape index (κ2) is 7.87. The van der Waals surface area contributed by atoms with Crippen LogP contribution in [0.5, 0.6) is 0 Å². The van der Waals surface area contributed by atoms with Crippen molar-refractivity contribution >= 4 is 29.9 Å². The predicted octanol–water partition coefficient (Wildman–Crippen LogP) is 3.78. The highest BCUT2D eigenvalue weighted by atomic mass is 35.5. The topological polar surface area (TPSA) is 32.3 Å². The molecule has 1 aromatic carbocycles. The highest BCUT2D eigenvalue weighted by Crippen LogP contribution is 2.41. The third-order valence-electron chi connectivity index (χ3n) is 5.42. The summed E-state index contributed by atoms with van der Waals surface area (Å²) in [6, 6.07) is 8.26. The van der Waals surface area contributed by atoms with Crippen molar-refractivity contribution in [2.24, 2.45) is 0 Å². The summed E-state index contributed by atoms with van der Waals surface area (Å²) in [5, 5.41) is 4.09. The van der Waals surface area contributed by atoms with E-state index in [1.165, 1.54) is 6.42 Å². The van der Waals surface area contributed by atoms with Gasteiger partial charge in [-0.05, 0) is 43.5 Å². The van der Waals surface area contributed by atoms with Crippen LogP contribution >= 0.6 is 24.0 Å². The number of hydrogen-bond acceptors (Lipinski definition) is 2. The highest BCUT2D eigenvalue weighted by molar-refractivity contribution is 6.30. The van der Waals surface area contributed by atoms with Crippen LogP contribution < -0.4 is 5.32 Å². The van der Waals surface area contributed by atoms with E-state index in [9.17, 15) is 4.79 Å². The van der Waals surface area contributed by atoms with Crippen molar-refractivity contribution < 1.29 is 4.79 Å². The molecular formula is C18H26Cl2N2O. The summed E-state index contributed by atoms with van der Waals surface area (Å²) >= 11 is 6.04. The zero-order valence-electron chi connectivity index (χ0n) is 13.7. The molecule has 1 aliphatic carbocycles.